The van der Waals surface area contributed by atoms with Crippen LogP contribution in [0.3, 0.4) is 0 Å². The van der Waals surface area contributed by atoms with Crippen LogP contribution in [0, 0.1) is 18.3 Å². The van der Waals surface area contributed by atoms with Crippen molar-refractivity contribution in [1.82, 2.24) is 15.0 Å². The maximum atomic E-state index is 9.56. The van der Waals surface area contributed by atoms with E-state index in [1.165, 1.54) is 0 Å². The fourth-order valence-electron chi connectivity index (χ4n) is 3.05. The largest absolute Gasteiger partial charge is 0.361 e. The zero-order valence-corrected chi connectivity index (χ0v) is 15.8. The lowest BCUT2D eigenvalue weighted by Crippen LogP contribution is -1.99. The molecule has 2 N–H and O–H groups in total. The molecule has 136 valence electrons. The van der Waals surface area contributed by atoms with Crippen molar-refractivity contribution in [3.8, 4) is 6.07 Å². The summed E-state index contributed by atoms with van der Waals surface area (Å²) in [5.41, 5.74) is 6.03. The molecular formula is C22H16ClN5. The van der Waals surface area contributed by atoms with E-state index in [2.05, 4.69) is 33.3 Å². The molecule has 0 fully saturated rings. The van der Waals surface area contributed by atoms with Gasteiger partial charge in [-0.15, -0.1) is 0 Å². The maximum Gasteiger partial charge on any atom is 0.129 e. The van der Waals surface area contributed by atoms with E-state index in [-0.39, 0.29) is 0 Å². The van der Waals surface area contributed by atoms with E-state index in [9.17, 15) is 5.26 Å². The average molecular weight is 386 g/mol. The number of pyridine rings is 2. The SMILES string of the molecule is Cc1c(Nc2c(C#N)cncc2C=Cc2ccc(Cl)nc2)ccc2[nH]ccc12. The number of aromatic amines is 1. The molecule has 0 saturated carbocycles. The highest BCUT2D eigenvalue weighted by Gasteiger charge is 2.11. The molecule has 0 radical (unpaired) electrons. The minimum atomic E-state index is 0.447. The molecule has 0 aliphatic carbocycles. The van der Waals surface area contributed by atoms with Gasteiger partial charge >= 0.3 is 0 Å². The van der Waals surface area contributed by atoms with Crippen LogP contribution < -0.4 is 5.32 Å². The Balaban J connectivity index is 1.74. The molecule has 0 aliphatic rings. The van der Waals surface area contributed by atoms with E-state index in [1.54, 1.807) is 24.7 Å². The van der Waals surface area contributed by atoms with Gasteiger partial charge in [-0.1, -0.05) is 29.8 Å². The highest BCUT2D eigenvalue weighted by Crippen LogP contribution is 2.31. The van der Waals surface area contributed by atoms with Crippen LogP contribution in [0.15, 0.2) is 55.1 Å². The van der Waals surface area contributed by atoms with Gasteiger partial charge in [-0.2, -0.15) is 5.26 Å². The molecule has 0 spiro atoms. The second kappa shape index (κ2) is 7.55. The number of hydrogen-bond donors (Lipinski definition) is 2. The molecule has 5 nitrogen and oxygen atoms in total. The van der Waals surface area contributed by atoms with Crippen LogP contribution >= 0.6 is 11.6 Å². The van der Waals surface area contributed by atoms with Crippen LogP contribution in [-0.2, 0) is 0 Å². The third-order valence-electron chi connectivity index (χ3n) is 4.56. The van der Waals surface area contributed by atoms with Crippen LogP contribution in [0.1, 0.15) is 22.3 Å². The first-order valence-corrected chi connectivity index (χ1v) is 9.05. The van der Waals surface area contributed by atoms with Crippen LogP contribution in [0.25, 0.3) is 23.1 Å². The summed E-state index contributed by atoms with van der Waals surface area (Å²) in [7, 11) is 0. The first-order chi connectivity index (χ1) is 13.7. The minimum Gasteiger partial charge on any atom is -0.361 e. The predicted molar refractivity (Wildman–Crippen MR) is 113 cm³/mol. The molecule has 1 aromatic carbocycles. The minimum absolute atomic E-state index is 0.447. The van der Waals surface area contributed by atoms with E-state index in [0.717, 1.165) is 33.3 Å². The van der Waals surface area contributed by atoms with E-state index in [4.69, 9.17) is 11.6 Å². The topological polar surface area (TPSA) is 77.4 Å². The van der Waals surface area contributed by atoms with Crippen molar-refractivity contribution in [3.05, 3.63) is 82.5 Å². The molecule has 0 atom stereocenters. The van der Waals surface area contributed by atoms with Gasteiger partial charge < -0.3 is 10.3 Å². The molecule has 4 rings (SSSR count). The van der Waals surface area contributed by atoms with Crippen LogP contribution in [0.5, 0.6) is 0 Å². The number of rotatable bonds is 4. The van der Waals surface area contributed by atoms with E-state index < -0.39 is 0 Å². The maximum absolute atomic E-state index is 9.56. The van der Waals surface area contributed by atoms with Gasteiger partial charge in [-0.25, -0.2) is 4.98 Å². The number of anilines is 2. The molecule has 0 unspecified atom stereocenters. The average Bonchev–Trinajstić information content (AvgIpc) is 3.20. The van der Waals surface area contributed by atoms with Crippen molar-refractivity contribution in [3.63, 3.8) is 0 Å². The number of H-pyrrole nitrogens is 1. The summed E-state index contributed by atoms with van der Waals surface area (Å²) in [6.45, 7) is 2.06. The van der Waals surface area contributed by atoms with Crippen molar-refractivity contribution < 1.29 is 0 Å². The van der Waals surface area contributed by atoms with Gasteiger partial charge in [0.25, 0.3) is 0 Å². The third-order valence-corrected chi connectivity index (χ3v) is 4.79. The molecule has 6 heteroatoms. The van der Waals surface area contributed by atoms with Gasteiger partial charge in [0.2, 0.25) is 0 Å². The highest BCUT2D eigenvalue weighted by atomic mass is 35.5. The van der Waals surface area contributed by atoms with Gasteiger partial charge in [0.1, 0.15) is 11.2 Å². The van der Waals surface area contributed by atoms with Crippen LogP contribution in [0.4, 0.5) is 11.4 Å². The van der Waals surface area contributed by atoms with E-state index in [0.29, 0.717) is 16.4 Å². The van der Waals surface area contributed by atoms with Crippen molar-refractivity contribution >= 4 is 46.0 Å². The molecule has 3 heterocycles. The number of aryl methyl sites for hydroxylation is 1. The Morgan fingerprint density at radius 3 is 2.79 bits per heavy atom. The lowest BCUT2D eigenvalue weighted by atomic mass is 10.1. The summed E-state index contributed by atoms with van der Waals surface area (Å²) >= 11 is 5.84. The standard InChI is InChI=1S/C22H16ClN5/c1-14-18-8-9-26-20(18)6-5-19(14)28-22-16(12-25-13-17(22)10-24)4-2-15-3-7-21(23)27-11-15/h2-9,11-13,26H,1H3,(H,25,28). The van der Waals surface area contributed by atoms with Gasteiger partial charge in [0, 0.05) is 46.9 Å². The number of benzene rings is 1. The predicted octanol–water partition coefficient (Wildman–Crippen LogP) is 5.71. The van der Waals surface area contributed by atoms with Crippen molar-refractivity contribution in [2.45, 2.75) is 6.92 Å². The summed E-state index contributed by atoms with van der Waals surface area (Å²) in [6.07, 6.45) is 10.7. The van der Waals surface area contributed by atoms with Crippen LogP contribution in [-0.4, -0.2) is 15.0 Å². The Morgan fingerprint density at radius 2 is 2.00 bits per heavy atom. The number of halogens is 1. The van der Waals surface area contributed by atoms with Crippen molar-refractivity contribution in [1.29, 1.82) is 5.26 Å². The number of aromatic nitrogens is 3. The second-order valence-corrected chi connectivity index (χ2v) is 6.70. The first kappa shape index (κ1) is 17.8. The van der Waals surface area contributed by atoms with Crippen molar-refractivity contribution in [2.75, 3.05) is 5.32 Å². The quantitative estimate of drug-likeness (QED) is 0.441. The fraction of sp³-hybridized carbons (Fsp3) is 0.0455. The summed E-state index contributed by atoms with van der Waals surface area (Å²) in [4.78, 5) is 11.5. The third kappa shape index (κ3) is 3.46. The first-order valence-electron chi connectivity index (χ1n) is 8.67. The Bertz CT molecular complexity index is 1220. The summed E-state index contributed by atoms with van der Waals surface area (Å²) < 4.78 is 0. The molecular weight excluding hydrogens is 370 g/mol. The van der Waals surface area contributed by atoms with Gasteiger partial charge in [-0.05, 0) is 42.3 Å². The monoisotopic (exact) mass is 385 g/mol. The Kier molecular flexibility index (Phi) is 4.79. The van der Waals surface area contributed by atoms with Crippen LogP contribution in [0.2, 0.25) is 5.15 Å². The normalized spacial score (nSPS) is 11.0. The van der Waals surface area contributed by atoms with Gasteiger partial charge in [0.15, 0.2) is 0 Å². The molecule has 3 aromatic heterocycles. The fourth-order valence-corrected chi connectivity index (χ4v) is 3.17. The summed E-state index contributed by atoms with van der Waals surface area (Å²) in [6, 6.07) is 11.9. The number of hydrogen-bond acceptors (Lipinski definition) is 4. The van der Waals surface area contributed by atoms with E-state index in [1.807, 2.05) is 42.6 Å². The van der Waals surface area contributed by atoms with Crippen molar-refractivity contribution in [2.24, 2.45) is 0 Å². The van der Waals surface area contributed by atoms with Gasteiger partial charge in [-0.3, -0.25) is 4.98 Å². The Hall–Kier alpha value is -3.62. The summed E-state index contributed by atoms with van der Waals surface area (Å²) in [5, 5.41) is 14.6. The summed E-state index contributed by atoms with van der Waals surface area (Å²) in [5.74, 6) is 0. The lowest BCUT2D eigenvalue weighted by molar-refractivity contribution is 1.28. The van der Waals surface area contributed by atoms with E-state index >= 15 is 0 Å². The number of nitrogens with one attached hydrogen (secondary N) is 2. The zero-order valence-electron chi connectivity index (χ0n) is 15.1. The molecule has 0 bridgehead atoms. The molecule has 0 aliphatic heterocycles. The smallest absolute Gasteiger partial charge is 0.129 e. The van der Waals surface area contributed by atoms with Gasteiger partial charge in [0.05, 0.1) is 11.3 Å². The Morgan fingerprint density at radius 1 is 1.11 bits per heavy atom. The number of nitriles is 1. The number of fused-ring (bicyclic) bond motifs is 1. The molecule has 28 heavy (non-hydrogen) atoms. The zero-order chi connectivity index (χ0) is 19.5. The Labute approximate surface area is 167 Å². The molecule has 4 aromatic rings. The number of nitrogens with zero attached hydrogens (tertiary/aromatic N) is 3. The second-order valence-electron chi connectivity index (χ2n) is 6.31. The molecule has 0 amide bonds. The lowest BCUT2D eigenvalue weighted by Gasteiger charge is -2.14. The highest BCUT2D eigenvalue weighted by molar-refractivity contribution is 6.29. The molecule has 0 saturated heterocycles.